The molecule has 4 rings (SSSR count). The zero-order valence-electron chi connectivity index (χ0n) is 17.7. The highest BCUT2D eigenvalue weighted by atomic mass is 16.4. The predicted molar refractivity (Wildman–Crippen MR) is 123 cm³/mol. The molecular weight excluding hydrogens is 408 g/mol. The number of hydrogen-bond acceptors (Lipinski definition) is 6. The Labute approximate surface area is 186 Å². The summed E-state index contributed by atoms with van der Waals surface area (Å²) in [6.45, 7) is 0.534. The lowest BCUT2D eigenvalue weighted by molar-refractivity contribution is -0.150. The first kappa shape index (κ1) is 23.2. The highest BCUT2D eigenvalue weighted by molar-refractivity contribution is 5.89. The summed E-state index contributed by atoms with van der Waals surface area (Å²) in [5.74, 6) is -1.77. The van der Waals surface area contributed by atoms with E-state index < -0.39 is 23.6 Å². The van der Waals surface area contributed by atoms with Gasteiger partial charge in [0.05, 0.1) is 17.4 Å². The van der Waals surface area contributed by atoms with E-state index in [0.717, 1.165) is 16.5 Å². The van der Waals surface area contributed by atoms with Crippen molar-refractivity contribution in [3.8, 4) is 0 Å². The molecule has 1 saturated heterocycles. The third-order valence-corrected chi connectivity index (χ3v) is 5.32. The molecular formula is C24H28N4O4. The number of carboxylic acid groups (broad SMARTS) is 1. The fourth-order valence-corrected chi connectivity index (χ4v) is 3.55. The lowest BCUT2D eigenvalue weighted by Gasteiger charge is -2.27. The van der Waals surface area contributed by atoms with Gasteiger partial charge in [-0.25, -0.2) is 4.79 Å². The molecule has 1 amide bonds. The van der Waals surface area contributed by atoms with Gasteiger partial charge in [-0.15, -0.1) is 0 Å². The van der Waals surface area contributed by atoms with Crippen LogP contribution in [0.3, 0.4) is 0 Å². The average molecular weight is 437 g/mol. The largest absolute Gasteiger partial charge is 0.478 e. The average Bonchev–Trinajstić information content (AvgIpc) is 3.28. The van der Waals surface area contributed by atoms with Crippen LogP contribution in [0.25, 0.3) is 10.9 Å². The van der Waals surface area contributed by atoms with Crippen LogP contribution in [0, 0.1) is 0 Å². The Morgan fingerprint density at radius 1 is 1.16 bits per heavy atom. The molecule has 1 fully saturated rings. The molecule has 0 aliphatic carbocycles. The Kier molecular flexibility index (Phi) is 7.75. The molecule has 1 aliphatic heterocycles. The second-order valence-electron chi connectivity index (χ2n) is 7.73. The van der Waals surface area contributed by atoms with Gasteiger partial charge in [-0.1, -0.05) is 48.5 Å². The molecule has 0 bridgehead atoms. The Hall–Kier alpha value is -3.49. The monoisotopic (exact) mass is 436 g/mol. The third-order valence-electron chi connectivity index (χ3n) is 5.32. The van der Waals surface area contributed by atoms with Crippen molar-refractivity contribution in [2.75, 3.05) is 12.3 Å². The highest BCUT2D eigenvalue weighted by Gasteiger charge is 2.43. The zero-order chi connectivity index (χ0) is 23.0. The number of aliphatic hydroxyl groups is 1. The second kappa shape index (κ2) is 10.7. The molecule has 0 spiro atoms. The van der Waals surface area contributed by atoms with Gasteiger partial charge in [0.2, 0.25) is 0 Å². The minimum Gasteiger partial charge on any atom is -0.478 e. The summed E-state index contributed by atoms with van der Waals surface area (Å²) in [4.78, 5) is 27.4. The second-order valence-corrected chi connectivity index (χ2v) is 7.73. The standard InChI is InChI=1S/C15H20N2O4.C9H8N2/c18-12(8-7-11-5-2-1-3-6-11)13(19)17-15(14(20)21)9-4-10-16-15;10-8-5-7-3-1-2-4-9(7)11-6-8/h1-3,5-6,12,16,18H,4,7-10H2,(H,17,19)(H,20,21);1-6H,10H2/t12?,15-;/m1./s1. The first-order valence-corrected chi connectivity index (χ1v) is 10.5. The van der Waals surface area contributed by atoms with Crippen LogP contribution < -0.4 is 16.4 Å². The van der Waals surface area contributed by atoms with Crippen molar-refractivity contribution in [1.82, 2.24) is 15.6 Å². The summed E-state index contributed by atoms with van der Waals surface area (Å²) in [5.41, 5.74) is 6.85. The van der Waals surface area contributed by atoms with E-state index in [-0.39, 0.29) is 6.42 Å². The molecule has 2 aromatic carbocycles. The molecule has 8 nitrogen and oxygen atoms in total. The molecule has 32 heavy (non-hydrogen) atoms. The minimum absolute atomic E-state index is 0.256. The van der Waals surface area contributed by atoms with E-state index >= 15 is 0 Å². The van der Waals surface area contributed by atoms with E-state index in [1.165, 1.54) is 0 Å². The van der Waals surface area contributed by atoms with E-state index in [2.05, 4.69) is 15.6 Å². The lowest BCUT2D eigenvalue weighted by atomic mass is 10.0. The molecule has 0 radical (unpaired) electrons. The summed E-state index contributed by atoms with van der Waals surface area (Å²) >= 11 is 0. The number of carboxylic acids is 1. The number of aryl methyl sites for hydroxylation is 1. The maximum absolute atomic E-state index is 12.0. The fourth-order valence-electron chi connectivity index (χ4n) is 3.55. The maximum atomic E-state index is 12.0. The number of nitrogens with zero attached hydrogens (tertiary/aromatic N) is 1. The molecule has 1 aromatic heterocycles. The Bertz CT molecular complexity index is 1050. The summed E-state index contributed by atoms with van der Waals surface area (Å²) < 4.78 is 0. The number of nitrogens with one attached hydrogen (secondary N) is 2. The van der Waals surface area contributed by atoms with Crippen LogP contribution >= 0.6 is 0 Å². The number of hydrogen-bond donors (Lipinski definition) is 5. The number of aliphatic carboxylic acids is 1. The number of aliphatic hydroxyl groups excluding tert-OH is 1. The van der Waals surface area contributed by atoms with Crippen LogP contribution in [-0.4, -0.2) is 45.4 Å². The van der Waals surface area contributed by atoms with Crippen molar-refractivity contribution in [3.63, 3.8) is 0 Å². The van der Waals surface area contributed by atoms with Gasteiger partial charge >= 0.3 is 5.97 Å². The van der Waals surface area contributed by atoms with Gasteiger partial charge < -0.3 is 21.3 Å². The Morgan fingerprint density at radius 3 is 2.56 bits per heavy atom. The van der Waals surface area contributed by atoms with Gasteiger partial charge in [0, 0.05) is 5.39 Å². The van der Waals surface area contributed by atoms with Crippen LogP contribution in [-0.2, 0) is 16.0 Å². The lowest BCUT2D eigenvalue weighted by Crippen LogP contribution is -2.62. The molecule has 6 N–H and O–H groups in total. The number of fused-ring (bicyclic) bond motifs is 1. The van der Waals surface area contributed by atoms with E-state index in [9.17, 15) is 19.8 Å². The topological polar surface area (TPSA) is 138 Å². The van der Waals surface area contributed by atoms with Crippen molar-refractivity contribution in [2.45, 2.75) is 37.5 Å². The first-order chi connectivity index (χ1) is 15.4. The maximum Gasteiger partial charge on any atom is 0.344 e. The van der Waals surface area contributed by atoms with Crippen LogP contribution in [0.1, 0.15) is 24.8 Å². The first-order valence-electron chi connectivity index (χ1n) is 10.5. The molecule has 2 atom stereocenters. The van der Waals surface area contributed by atoms with E-state index in [1.54, 1.807) is 6.20 Å². The number of carbonyl (C=O) groups excluding carboxylic acids is 1. The molecule has 2 heterocycles. The summed E-state index contributed by atoms with van der Waals surface area (Å²) in [6.07, 6.45) is 2.26. The Morgan fingerprint density at radius 2 is 1.88 bits per heavy atom. The highest BCUT2D eigenvalue weighted by Crippen LogP contribution is 2.17. The quantitative estimate of drug-likeness (QED) is 0.399. The summed E-state index contributed by atoms with van der Waals surface area (Å²) in [5, 5.41) is 25.5. The van der Waals surface area contributed by atoms with Crippen molar-refractivity contribution in [2.24, 2.45) is 0 Å². The van der Waals surface area contributed by atoms with Crippen LogP contribution in [0.2, 0.25) is 0 Å². The molecule has 3 aromatic rings. The van der Waals surface area contributed by atoms with E-state index in [4.69, 9.17) is 5.73 Å². The molecule has 0 saturated carbocycles. The minimum atomic E-state index is -1.44. The number of para-hydroxylation sites is 1. The number of nitrogen functional groups attached to an aromatic ring is 1. The van der Waals surface area contributed by atoms with Crippen LogP contribution in [0.4, 0.5) is 5.69 Å². The SMILES string of the molecule is Nc1cnc2ccccc2c1.O=C(N[C@@]1(C(=O)O)CCCN1)C(O)CCc1ccccc1. The van der Waals surface area contributed by atoms with Crippen LogP contribution in [0.15, 0.2) is 66.9 Å². The van der Waals surface area contributed by atoms with Crippen molar-refractivity contribution in [1.29, 1.82) is 0 Å². The number of pyridine rings is 1. The number of benzene rings is 2. The van der Waals surface area contributed by atoms with Gasteiger partial charge in [-0.05, 0) is 49.9 Å². The fraction of sp³-hybridized carbons (Fsp3) is 0.292. The molecule has 1 unspecified atom stereocenters. The molecule has 168 valence electrons. The third kappa shape index (κ3) is 6.03. The normalized spacial score (nSPS) is 18.4. The smallest absolute Gasteiger partial charge is 0.344 e. The van der Waals surface area contributed by atoms with Gasteiger partial charge in [0.15, 0.2) is 5.66 Å². The summed E-state index contributed by atoms with van der Waals surface area (Å²) in [7, 11) is 0. The van der Waals surface area contributed by atoms with Gasteiger partial charge in [0.25, 0.3) is 5.91 Å². The van der Waals surface area contributed by atoms with Crippen LogP contribution in [0.5, 0.6) is 0 Å². The van der Waals surface area contributed by atoms with Crippen molar-refractivity contribution >= 4 is 28.5 Å². The van der Waals surface area contributed by atoms with Crippen molar-refractivity contribution < 1.29 is 19.8 Å². The number of rotatable bonds is 6. The molecule has 1 aliphatic rings. The number of aromatic nitrogens is 1. The number of carbonyl (C=O) groups is 2. The van der Waals surface area contributed by atoms with E-state index in [1.807, 2.05) is 60.7 Å². The number of nitrogens with two attached hydrogens (primary N) is 1. The van der Waals surface area contributed by atoms with Crippen molar-refractivity contribution in [3.05, 3.63) is 72.4 Å². The zero-order valence-corrected chi connectivity index (χ0v) is 17.7. The van der Waals surface area contributed by atoms with Gasteiger partial charge in [0.1, 0.15) is 6.10 Å². The van der Waals surface area contributed by atoms with Gasteiger partial charge in [-0.3, -0.25) is 15.1 Å². The number of amides is 1. The summed E-state index contributed by atoms with van der Waals surface area (Å²) in [6, 6.07) is 19.3. The predicted octanol–water partition coefficient (Wildman–Crippen LogP) is 2.08. The molecule has 8 heteroatoms. The van der Waals surface area contributed by atoms with Gasteiger partial charge in [-0.2, -0.15) is 0 Å². The number of anilines is 1. The Balaban J connectivity index is 0.000000219. The van der Waals surface area contributed by atoms with E-state index in [0.29, 0.717) is 31.5 Å².